The Morgan fingerprint density at radius 1 is 1.02 bits per heavy atom. The van der Waals surface area contributed by atoms with E-state index in [4.69, 9.17) is 32.7 Å². The van der Waals surface area contributed by atoms with Gasteiger partial charge in [-0.15, -0.1) is 23.2 Å². The van der Waals surface area contributed by atoms with E-state index in [0.29, 0.717) is 67.6 Å². The van der Waals surface area contributed by atoms with Crippen LogP contribution in [0.3, 0.4) is 0 Å². The number of hydrogen-bond donors (Lipinski definition) is 1. The van der Waals surface area contributed by atoms with Gasteiger partial charge in [-0.3, -0.25) is 9.59 Å². The largest absolute Gasteiger partial charge is 0.462 e. The van der Waals surface area contributed by atoms with Crippen LogP contribution < -0.4 is 10.2 Å². The number of carbonyl (C=O) groups excluding carboxylic acids is 3. The summed E-state index contributed by atoms with van der Waals surface area (Å²) in [6, 6.07) is 7.13. The van der Waals surface area contributed by atoms with Gasteiger partial charge in [-0.05, 0) is 91.0 Å². The van der Waals surface area contributed by atoms with E-state index in [2.05, 4.69) is 36.2 Å². The molecule has 2 fully saturated rings. The minimum atomic E-state index is -0.794. The fraction of sp³-hybridized carbons (Fsp3) is 0.649. The Kier molecular flexibility index (Phi) is 11.1. The van der Waals surface area contributed by atoms with Crippen molar-refractivity contribution in [1.29, 1.82) is 0 Å². The molecule has 1 N–H and O–H groups in total. The maximum atomic E-state index is 13.5. The average Bonchev–Trinajstić information content (AvgIpc) is 3.36. The molecule has 0 bridgehead atoms. The lowest BCUT2D eigenvalue weighted by molar-refractivity contribution is -0.158. The van der Waals surface area contributed by atoms with Crippen molar-refractivity contribution in [2.45, 2.75) is 97.6 Å². The average molecular weight is 674 g/mol. The maximum absolute atomic E-state index is 13.5. The van der Waals surface area contributed by atoms with Crippen molar-refractivity contribution in [1.82, 2.24) is 5.32 Å². The molecule has 4 aliphatic carbocycles. The zero-order valence-electron chi connectivity index (χ0n) is 27.8. The third-order valence-electron chi connectivity index (χ3n) is 11.6. The number of nitrogens with one attached hydrogen (secondary N) is 1. The lowest BCUT2D eigenvalue weighted by Gasteiger charge is -2.56. The van der Waals surface area contributed by atoms with E-state index >= 15 is 0 Å². The molecule has 0 radical (unpaired) electrons. The lowest BCUT2D eigenvalue weighted by atomic mass is 9.48. The topological polar surface area (TPSA) is 84.9 Å². The zero-order valence-corrected chi connectivity index (χ0v) is 29.3. The maximum Gasteiger partial charge on any atom is 0.334 e. The third kappa shape index (κ3) is 7.16. The van der Waals surface area contributed by atoms with Crippen LogP contribution >= 0.6 is 23.2 Å². The number of nitrogens with zero attached hydrogens (tertiary/aromatic N) is 1. The van der Waals surface area contributed by atoms with Gasteiger partial charge in [-0.2, -0.15) is 0 Å². The van der Waals surface area contributed by atoms with Gasteiger partial charge in [0.05, 0.1) is 0 Å². The van der Waals surface area contributed by atoms with Crippen molar-refractivity contribution in [3.05, 3.63) is 53.3 Å². The Bertz CT molecular complexity index is 1340. The number of benzene rings is 1. The van der Waals surface area contributed by atoms with Crippen LogP contribution in [-0.4, -0.2) is 54.8 Å². The molecule has 1 aromatic carbocycles. The minimum absolute atomic E-state index is 0.0253. The molecule has 1 amide bonds. The van der Waals surface area contributed by atoms with E-state index in [-0.39, 0.29) is 28.8 Å². The van der Waals surface area contributed by atoms with Gasteiger partial charge < -0.3 is 19.7 Å². The molecule has 252 valence electrons. The number of ether oxygens (including phenoxy) is 2. The number of halogens is 2. The molecule has 0 aromatic heterocycles. The molecule has 0 saturated heterocycles. The van der Waals surface area contributed by atoms with E-state index in [0.717, 1.165) is 49.8 Å². The number of carbonyl (C=O) groups is 3. The second-order valence-electron chi connectivity index (χ2n) is 14.2. The molecule has 5 rings (SSSR count). The minimum Gasteiger partial charge on any atom is -0.462 e. The van der Waals surface area contributed by atoms with Gasteiger partial charge in [0.2, 0.25) is 5.91 Å². The molecule has 0 heterocycles. The normalized spacial score (nSPS) is 30.5. The van der Waals surface area contributed by atoms with Crippen molar-refractivity contribution in [2.24, 2.45) is 28.6 Å². The van der Waals surface area contributed by atoms with Gasteiger partial charge >= 0.3 is 11.9 Å². The predicted molar refractivity (Wildman–Crippen MR) is 183 cm³/mol. The smallest absolute Gasteiger partial charge is 0.334 e. The summed E-state index contributed by atoms with van der Waals surface area (Å²) in [4.78, 5) is 39.9. The number of alkyl halides is 2. The van der Waals surface area contributed by atoms with Gasteiger partial charge in [0.25, 0.3) is 0 Å². The van der Waals surface area contributed by atoms with Gasteiger partial charge in [0, 0.05) is 62.1 Å². The van der Waals surface area contributed by atoms with Crippen LogP contribution in [0.4, 0.5) is 5.69 Å². The standard InChI is InChI=1S/C37H50Cl2N2O5/c1-5-34(43)46-33-13-12-30-29-11-8-26-23-28(14-16-36(26,3)31(29)15-17-37(30,33)4)45-35(44)32(40-24(2)42)22-25-6-9-27(10-7-25)41(20-18-38)21-19-39/h6-10,23,29-33H,5,11-22H2,1-4H3,(H,40,42)/t29-,30-,31-,32-,33-,36-,37-/m0/s1. The van der Waals surface area contributed by atoms with Gasteiger partial charge in [-0.1, -0.05) is 39.0 Å². The Morgan fingerprint density at radius 2 is 1.74 bits per heavy atom. The Balaban J connectivity index is 1.27. The molecule has 7 atom stereocenters. The van der Waals surface area contributed by atoms with E-state index in [1.807, 2.05) is 31.2 Å². The summed E-state index contributed by atoms with van der Waals surface area (Å²) in [5, 5.41) is 2.81. The first-order chi connectivity index (χ1) is 22.0. The Labute approximate surface area is 284 Å². The molecular weight excluding hydrogens is 623 g/mol. The molecule has 4 aliphatic rings. The highest BCUT2D eigenvalue weighted by Gasteiger charge is 2.59. The summed E-state index contributed by atoms with van der Waals surface area (Å²) in [5.41, 5.74) is 3.27. The first kappa shape index (κ1) is 34.8. The van der Waals surface area contributed by atoms with Crippen molar-refractivity contribution in [2.75, 3.05) is 29.7 Å². The van der Waals surface area contributed by atoms with E-state index < -0.39 is 12.0 Å². The number of amides is 1. The van der Waals surface area contributed by atoms with Gasteiger partial charge in [0.1, 0.15) is 17.9 Å². The summed E-state index contributed by atoms with van der Waals surface area (Å²) < 4.78 is 12.0. The molecule has 9 heteroatoms. The number of esters is 2. The zero-order chi connectivity index (χ0) is 33.1. The Morgan fingerprint density at radius 3 is 2.39 bits per heavy atom. The third-order valence-corrected chi connectivity index (χ3v) is 11.9. The molecular formula is C37H50Cl2N2O5. The van der Waals surface area contributed by atoms with Gasteiger partial charge in [-0.25, -0.2) is 4.79 Å². The molecule has 0 spiro atoms. The van der Waals surface area contributed by atoms with E-state index in [1.165, 1.54) is 12.5 Å². The SMILES string of the molecule is CCC(=O)O[C@H]1CC[C@H]2[C@@H]3CC=C4C=C(OC(=O)[C@H](Cc5ccc(N(CCCl)CCCl)cc5)NC(C)=O)CC[C@]4(C)[C@H]3CC[C@]12C. The monoisotopic (exact) mass is 672 g/mol. The molecule has 7 nitrogen and oxygen atoms in total. The van der Waals surface area contributed by atoms with Crippen LogP contribution in [0.25, 0.3) is 0 Å². The van der Waals surface area contributed by atoms with Crippen molar-refractivity contribution >= 4 is 46.7 Å². The van der Waals surface area contributed by atoms with Crippen LogP contribution in [0.2, 0.25) is 0 Å². The summed E-state index contributed by atoms with van der Waals surface area (Å²) in [5.74, 6) is 2.55. The molecule has 1 aromatic rings. The second kappa shape index (κ2) is 14.7. The highest BCUT2D eigenvalue weighted by Crippen LogP contribution is 2.65. The van der Waals surface area contributed by atoms with Crippen molar-refractivity contribution in [3.63, 3.8) is 0 Å². The predicted octanol–water partition coefficient (Wildman–Crippen LogP) is 7.34. The first-order valence-corrected chi connectivity index (χ1v) is 18.1. The number of allylic oxidation sites excluding steroid dienone is 4. The Hall–Kier alpha value is -2.51. The molecule has 46 heavy (non-hydrogen) atoms. The first-order valence-electron chi connectivity index (χ1n) is 17.1. The van der Waals surface area contributed by atoms with E-state index in [1.54, 1.807) is 0 Å². The number of anilines is 1. The summed E-state index contributed by atoms with van der Waals surface area (Å²) in [7, 11) is 0. The lowest BCUT2D eigenvalue weighted by Crippen LogP contribution is -2.50. The fourth-order valence-electron chi connectivity index (χ4n) is 9.06. The fourth-order valence-corrected chi connectivity index (χ4v) is 9.47. The number of fused-ring (bicyclic) bond motifs is 5. The van der Waals surface area contributed by atoms with Crippen molar-refractivity contribution < 1.29 is 23.9 Å². The number of rotatable bonds is 12. The molecule has 0 unspecified atom stereocenters. The summed E-state index contributed by atoms with van der Waals surface area (Å²) in [6.07, 6.45) is 12.1. The summed E-state index contributed by atoms with van der Waals surface area (Å²) in [6.45, 7) is 9.41. The van der Waals surface area contributed by atoms with Crippen LogP contribution in [0.1, 0.15) is 84.6 Å². The molecule has 0 aliphatic heterocycles. The quantitative estimate of drug-likeness (QED) is 0.185. The van der Waals surface area contributed by atoms with Crippen LogP contribution in [-0.2, 0) is 30.3 Å². The van der Waals surface area contributed by atoms with Crippen LogP contribution in [0, 0.1) is 28.6 Å². The van der Waals surface area contributed by atoms with E-state index in [9.17, 15) is 14.4 Å². The highest BCUT2D eigenvalue weighted by atomic mass is 35.5. The van der Waals surface area contributed by atoms with Crippen LogP contribution in [0.15, 0.2) is 47.7 Å². The molecule has 2 saturated carbocycles. The number of hydrogen-bond acceptors (Lipinski definition) is 6. The van der Waals surface area contributed by atoms with Gasteiger partial charge in [0.15, 0.2) is 0 Å². The highest BCUT2D eigenvalue weighted by molar-refractivity contribution is 6.18. The summed E-state index contributed by atoms with van der Waals surface area (Å²) >= 11 is 11.9. The van der Waals surface area contributed by atoms with Crippen molar-refractivity contribution in [3.8, 4) is 0 Å². The van der Waals surface area contributed by atoms with Crippen LogP contribution in [0.5, 0.6) is 0 Å². The second-order valence-corrected chi connectivity index (χ2v) is 14.9.